The maximum Gasteiger partial charge on any atom is 0.261 e. The largest absolute Gasteiger partial charge is 0.406 e. The fourth-order valence-corrected chi connectivity index (χ4v) is 15.5. The molecule has 59 heavy (non-hydrogen) atoms. The Bertz CT molecular complexity index is 1940. The van der Waals surface area contributed by atoms with Gasteiger partial charge in [0, 0.05) is 12.5 Å². The number of benzene rings is 4. The van der Waals surface area contributed by atoms with E-state index in [1.807, 2.05) is 49.4 Å². The highest BCUT2D eigenvalue weighted by molar-refractivity contribution is 7.89. The summed E-state index contributed by atoms with van der Waals surface area (Å²) in [7, 11) is -6.98. The van der Waals surface area contributed by atoms with Crippen molar-refractivity contribution < 1.29 is 27.1 Å². The highest BCUT2D eigenvalue weighted by atomic mass is 32.2. The minimum atomic E-state index is -3.96. The van der Waals surface area contributed by atoms with Crippen molar-refractivity contribution in [3.05, 3.63) is 139 Å². The lowest BCUT2D eigenvalue weighted by Gasteiger charge is -2.48. The second-order valence-corrected chi connectivity index (χ2v) is 23.5. The molecule has 0 amide bonds. The molecule has 0 aromatic heterocycles. The number of aryl methyl sites for hydroxylation is 1. The molecule has 0 spiro atoms. The molecule has 4 aromatic carbocycles. The Morgan fingerprint density at radius 2 is 1.37 bits per heavy atom. The summed E-state index contributed by atoms with van der Waals surface area (Å²) < 4.78 is 58.3. The second kappa shape index (κ2) is 20.9. The van der Waals surface area contributed by atoms with E-state index in [1.54, 1.807) is 16.4 Å². The SMILES string of the molecule is CCC1(CCCCCC/C=C/C[C@@H]2CC[C@@H](OCc3ccccc3)[C@H](CO[Si](c3ccccc3)(c3ccccc3)C(C)(C)C)N2S(=O)(=O)c2ccc(C)cc2)OCCO1. The Hall–Kier alpha value is -3.41. The van der Waals surface area contributed by atoms with E-state index in [9.17, 15) is 0 Å². The third-order valence-corrected chi connectivity index (χ3v) is 19.3. The average Bonchev–Trinajstić information content (AvgIpc) is 3.73. The zero-order valence-electron chi connectivity index (χ0n) is 36.1. The maximum absolute atomic E-state index is 15.2. The average molecular weight is 838 g/mol. The van der Waals surface area contributed by atoms with Crippen molar-refractivity contribution in [3.8, 4) is 0 Å². The first kappa shape index (κ1) is 45.1. The number of unbranched alkanes of at least 4 members (excludes halogenated alkanes) is 4. The molecule has 6 rings (SSSR count). The van der Waals surface area contributed by atoms with Crippen molar-refractivity contribution in [2.24, 2.45) is 0 Å². The topological polar surface area (TPSA) is 74.3 Å². The molecule has 9 heteroatoms. The molecule has 3 atom stereocenters. The minimum Gasteiger partial charge on any atom is -0.406 e. The standard InChI is InChI=1S/C50H67NO6SSi/c1-6-50(55-37-38-56-50)36-22-11-9-7-8-10-17-25-43-32-35-48(54-39-42-23-15-12-16-24-42)47(51(43)58(52,53)44-33-30-41(2)31-34-44)40-57-59(49(3,4)5,45-26-18-13-19-27-45)46-28-20-14-21-29-46/h10,12-21,23-24,26-31,33-34,43,47-48H,6-9,11,22,25,32,35-40H2,1-5H3/b17-10+/t43-,47+,48-/m1/s1. The lowest BCUT2D eigenvalue weighted by molar-refractivity contribution is -0.164. The number of sulfonamides is 1. The molecule has 0 aliphatic carbocycles. The summed E-state index contributed by atoms with van der Waals surface area (Å²) in [4.78, 5) is 0.300. The molecule has 318 valence electrons. The van der Waals surface area contributed by atoms with Gasteiger partial charge in [-0.3, -0.25) is 0 Å². The Balaban J connectivity index is 1.28. The van der Waals surface area contributed by atoms with E-state index in [-0.39, 0.29) is 29.6 Å². The molecule has 0 bridgehead atoms. The highest BCUT2D eigenvalue weighted by Crippen LogP contribution is 2.40. The van der Waals surface area contributed by atoms with E-state index in [0.29, 0.717) is 37.6 Å². The monoisotopic (exact) mass is 837 g/mol. The molecule has 2 saturated heterocycles. The number of hydrogen-bond acceptors (Lipinski definition) is 6. The summed E-state index contributed by atoms with van der Waals surface area (Å²) in [6, 6.07) is 37.8. The second-order valence-electron chi connectivity index (χ2n) is 17.4. The molecule has 2 aliphatic heterocycles. The zero-order valence-corrected chi connectivity index (χ0v) is 37.9. The van der Waals surface area contributed by atoms with Crippen LogP contribution in [0, 0.1) is 6.92 Å². The predicted molar refractivity (Wildman–Crippen MR) is 242 cm³/mol. The van der Waals surface area contributed by atoms with Gasteiger partial charge >= 0.3 is 0 Å². The number of ether oxygens (including phenoxy) is 3. The molecule has 7 nitrogen and oxygen atoms in total. The van der Waals surface area contributed by atoms with Crippen LogP contribution < -0.4 is 10.4 Å². The van der Waals surface area contributed by atoms with Crippen molar-refractivity contribution in [2.75, 3.05) is 19.8 Å². The number of piperidine rings is 1. The van der Waals surface area contributed by atoms with Crippen LogP contribution in [-0.2, 0) is 35.3 Å². The van der Waals surface area contributed by atoms with Crippen LogP contribution >= 0.6 is 0 Å². The van der Waals surface area contributed by atoms with Gasteiger partial charge < -0.3 is 18.6 Å². The van der Waals surface area contributed by atoms with Crippen molar-refractivity contribution in [3.63, 3.8) is 0 Å². The van der Waals surface area contributed by atoms with Crippen LogP contribution in [0.3, 0.4) is 0 Å². The van der Waals surface area contributed by atoms with Crippen LogP contribution in [0.25, 0.3) is 0 Å². The summed E-state index contributed by atoms with van der Waals surface area (Å²) in [5.74, 6) is -0.376. The van der Waals surface area contributed by atoms with E-state index >= 15 is 8.42 Å². The Morgan fingerprint density at radius 1 is 0.780 bits per heavy atom. The molecule has 2 fully saturated rings. The van der Waals surface area contributed by atoms with Gasteiger partial charge in [-0.05, 0) is 85.0 Å². The van der Waals surface area contributed by atoms with Crippen molar-refractivity contribution in [2.45, 2.75) is 139 Å². The third kappa shape index (κ3) is 11.1. The fourth-order valence-electron chi connectivity index (χ4n) is 9.07. The zero-order chi connectivity index (χ0) is 41.8. The summed E-state index contributed by atoms with van der Waals surface area (Å²) in [6.07, 6.45) is 13.4. The van der Waals surface area contributed by atoms with E-state index < -0.39 is 24.4 Å². The summed E-state index contributed by atoms with van der Waals surface area (Å²) in [5, 5.41) is 2.05. The highest BCUT2D eigenvalue weighted by Gasteiger charge is 2.52. The number of nitrogens with zero attached hydrogens (tertiary/aromatic N) is 1. The molecular formula is C50H67NO6SSi. The molecular weight excluding hydrogens is 771 g/mol. The predicted octanol–water partition coefficient (Wildman–Crippen LogP) is 10.1. The van der Waals surface area contributed by atoms with Gasteiger partial charge in [-0.15, -0.1) is 0 Å². The van der Waals surface area contributed by atoms with Gasteiger partial charge in [0.15, 0.2) is 5.79 Å². The quantitative estimate of drug-likeness (QED) is 0.0502. The van der Waals surface area contributed by atoms with Crippen LogP contribution in [-0.4, -0.2) is 64.8 Å². The number of hydrogen-bond donors (Lipinski definition) is 0. The van der Waals surface area contributed by atoms with Gasteiger partial charge in [-0.25, -0.2) is 8.42 Å². The van der Waals surface area contributed by atoms with Crippen LogP contribution in [0.2, 0.25) is 5.04 Å². The van der Waals surface area contributed by atoms with Crippen molar-refractivity contribution >= 4 is 28.7 Å². The van der Waals surface area contributed by atoms with E-state index in [2.05, 4.69) is 101 Å². The van der Waals surface area contributed by atoms with Crippen LogP contribution in [0.15, 0.2) is 132 Å². The summed E-state index contributed by atoms with van der Waals surface area (Å²) in [6.45, 7) is 12.9. The molecule has 2 heterocycles. The van der Waals surface area contributed by atoms with Gasteiger partial charge in [-0.2, -0.15) is 4.31 Å². The lowest BCUT2D eigenvalue weighted by atomic mass is 9.93. The van der Waals surface area contributed by atoms with Gasteiger partial charge in [0.2, 0.25) is 10.0 Å². The number of rotatable bonds is 20. The van der Waals surface area contributed by atoms with Crippen LogP contribution in [0.5, 0.6) is 0 Å². The maximum atomic E-state index is 15.2. The summed E-state index contributed by atoms with van der Waals surface area (Å²) in [5.41, 5.74) is 2.07. The van der Waals surface area contributed by atoms with E-state index in [1.165, 1.54) is 0 Å². The van der Waals surface area contributed by atoms with Gasteiger partial charge in [-0.1, -0.05) is 161 Å². The third-order valence-electron chi connectivity index (χ3n) is 12.3. The normalized spacial score (nSPS) is 20.3. The minimum absolute atomic E-state index is 0.202. The van der Waals surface area contributed by atoms with Crippen molar-refractivity contribution in [1.82, 2.24) is 4.31 Å². The van der Waals surface area contributed by atoms with E-state index in [0.717, 1.165) is 72.9 Å². The molecule has 4 aromatic rings. The summed E-state index contributed by atoms with van der Waals surface area (Å²) >= 11 is 0. The molecule has 0 unspecified atom stereocenters. The Kier molecular flexibility index (Phi) is 16.0. The molecule has 0 radical (unpaired) electrons. The molecule has 0 saturated carbocycles. The number of allylic oxidation sites excluding steroid dienone is 1. The van der Waals surface area contributed by atoms with Gasteiger partial charge in [0.05, 0.1) is 43.5 Å². The van der Waals surface area contributed by atoms with Gasteiger partial charge in [0.1, 0.15) is 0 Å². The fraction of sp³-hybridized carbons (Fsp3) is 0.480. The van der Waals surface area contributed by atoms with Gasteiger partial charge in [0.25, 0.3) is 8.32 Å². The molecule has 2 aliphatic rings. The smallest absolute Gasteiger partial charge is 0.261 e. The first-order valence-electron chi connectivity index (χ1n) is 21.9. The Labute approximate surface area is 356 Å². The first-order valence-corrected chi connectivity index (χ1v) is 25.3. The van der Waals surface area contributed by atoms with Crippen LogP contribution in [0.1, 0.15) is 103 Å². The first-order chi connectivity index (χ1) is 28.5. The van der Waals surface area contributed by atoms with E-state index in [4.69, 9.17) is 18.6 Å². The van der Waals surface area contributed by atoms with Crippen LogP contribution in [0.4, 0.5) is 0 Å². The van der Waals surface area contributed by atoms with Crippen molar-refractivity contribution in [1.29, 1.82) is 0 Å². The Morgan fingerprint density at radius 3 is 1.97 bits per heavy atom. The lowest BCUT2D eigenvalue weighted by Crippen LogP contribution is -2.68. The molecule has 0 N–H and O–H groups in total.